The summed E-state index contributed by atoms with van der Waals surface area (Å²) >= 11 is 0. The molecule has 2 aromatic heterocycles. The van der Waals surface area contributed by atoms with E-state index < -0.39 is 0 Å². The van der Waals surface area contributed by atoms with Crippen LogP contribution in [0.2, 0.25) is 0 Å². The summed E-state index contributed by atoms with van der Waals surface area (Å²) in [4.78, 5) is 28.2. The van der Waals surface area contributed by atoms with Crippen molar-refractivity contribution in [2.75, 3.05) is 49.1 Å². The summed E-state index contributed by atoms with van der Waals surface area (Å²) in [5, 5.41) is 0. The molecule has 7 heteroatoms. The highest BCUT2D eigenvalue weighted by Crippen LogP contribution is 2.25. The number of carbonyl (C=O) groups excluding carboxylic acids is 1. The molecule has 0 aromatic carbocycles. The molecule has 144 valence electrons. The highest BCUT2D eigenvalue weighted by Gasteiger charge is 2.25. The van der Waals surface area contributed by atoms with Crippen LogP contribution >= 0.6 is 0 Å². The van der Waals surface area contributed by atoms with Gasteiger partial charge in [-0.2, -0.15) is 0 Å². The van der Waals surface area contributed by atoms with E-state index in [-0.39, 0.29) is 5.91 Å². The molecule has 2 aliphatic rings. The van der Waals surface area contributed by atoms with Crippen LogP contribution in [-0.4, -0.2) is 60.0 Å². The predicted molar refractivity (Wildman–Crippen MR) is 104 cm³/mol. The van der Waals surface area contributed by atoms with Crippen molar-refractivity contribution in [2.24, 2.45) is 5.92 Å². The van der Waals surface area contributed by atoms with E-state index in [0.29, 0.717) is 24.8 Å². The first kappa shape index (κ1) is 17.8. The van der Waals surface area contributed by atoms with Crippen LogP contribution < -0.4 is 9.80 Å². The topological polar surface area (TPSA) is 65.7 Å². The Kier molecular flexibility index (Phi) is 5.01. The molecule has 0 spiro atoms. The van der Waals surface area contributed by atoms with Gasteiger partial charge in [-0.05, 0) is 37.8 Å². The Morgan fingerprint density at radius 1 is 1.11 bits per heavy atom. The zero-order chi connectivity index (χ0) is 18.8. The number of rotatable bonds is 3. The molecule has 0 N–H and O–H groups in total. The van der Waals surface area contributed by atoms with Gasteiger partial charge in [0, 0.05) is 45.3 Å². The molecule has 2 aromatic rings. The highest BCUT2D eigenvalue weighted by atomic mass is 16.3. The van der Waals surface area contributed by atoms with Gasteiger partial charge in [-0.1, -0.05) is 6.92 Å². The van der Waals surface area contributed by atoms with Crippen LogP contribution in [0.3, 0.4) is 0 Å². The Morgan fingerprint density at radius 3 is 2.52 bits per heavy atom. The SMILES string of the molecule is Cc1nc(N2CCN(C(=O)c3ccco3)CC2)cc(N2CCCC(C)C2)n1. The van der Waals surface area contributed by atoms with Crippen LogP contribution in [0.25, 0.3) is 0 Å². The van der Waals surface area contributed by atoms with E-state index in [1.807, 2.05) is 11.8 Å². The van der Waals surface area contributed by atoms with Crippen LogP contribution in [0.5, 0.6) is 0 Å². The zero-order valence-electron chi connectivity index (χ0n) is 16.1. The van der Waals surface area contributed by atoms with Gasteiger partial charge in [-0.3, -0.25) is 4.79 Å². The van der Waals surface area contributed by atoms with Gasteiger partial charge >= 0.3 is 0 Å². The minimum absolute atomic E-state index is 0.0403. The maximum atomic E-state index is 12.4. The summed E-state index contributed by atoms with van der Waals surface area (Å²) in [6.07, 6.45) is 4.04. The second-order valence-corrected chi connectivity index (χ2v) is 7.58. The summed E-state index contributed by atoms with van der Waals surface area (Å²) in [7, 11) is 0. The van der Waals surface area contributed by atoms with Crippen LogP contribution in [0.15, 0.2) is 28.9 Å². The molecule has 0 bridgehead atoms. The van der Waals surface area contributed by atoms with E-state index in [4.69, 9.17) is 4.42 Å². The van der Waals surface area contributed by atoms with Crippen molar-refractivity contribution in [3.8, 4) is 0 Å². The van der Waals surface area contributed by atoms with E-state index in [2.05, 4.69) is 32.8 Å². The maximum absolute atomic E-state index is 12.4. The molecule has 2 saturated heterocycles. The van der Waals surface area contributed by atoms with Crippen molar-refractivity contribution in [1.29, 1.82) is 0 Å². The number of amides is 1. The van der Waals surface area contributed by atoms with E-state index in [1.54, 1.807) is 12.1 Å². The van der Waals surface area contributed by atoms with Crippen LogP contribution in [-0.2, 0) is 0 Å². The van der Waals surface area contributed by atoms with Crippen LogP contribution in [0.4, 0.5) is 11.6 Å². The third kappa shape index (κ3) is 3.91. The predicted octanol–water partition coefficient (Wildman–Crippen LogP) is 2.58. The smallest absolute Gasteiger partial charge is 0.289 e. The standard InChI is InChI=1S/C20H27N5O2/c1-15-5-3-7-25(14-15)19-13-18(21-16(2)22-19)23-8-10-24(11-9-23)20(26)17-6-4-12-27-17/h4,6,12-13,15H,3,5,7-11,14H2,1-2H3. The summed E-state index contributed by atoms with van der Waals surface area (Å²) < 4.78 is 5.24. The highest BCUT2D eigenvalue weighted by molar-refractivity contribution is 5.91. The Balaban J connectivity index is 1.44. The fraction of sp³-hybridized carbons (Fsp3) is 0.550. The van der Waals surface area contributed by atoms with Crippen molar-refractivity contribution >= 4 is 17.5 Å². The number of hydrogen-bond donors (Lipinski definition) is 0. The van der Waals surface area contributed by atoms with Gasteiger partial charge in [-0.25, -0.2) is 9.97 Å². The maximum Gasteiger partial charge on any atom is 0.289 e. The van der Waals surface area contributed by atoms with Gasteiger partial charge in [0.1, 0.15) is 17.5 Å². The Hall–Kier alpha value is -2.57. The minimum Gasteiger partial charge on any atom is -0.459 e. The minimum atomic E-state index is -0.0403. The van der Waals surface area contributed by atoms with E-state index in [1.165, 1.54) is 19.1 Å². The lowest BCUT2D eigenvalue weighted by Gasteiger charge is -2.36. The monoisotopic (exact) mass is 369 g/mol. The van der Waals surface area contributed by atoms with Gasteiger partial charge in [0.15, 0.2) is 5.76 Å². The molecule has 2 aliphatic heterocycles. The molecular weight excluding hydrogens is 342 g/mol. The number of aryl methyl sites for hydroxylation is 1. The molecule has 4 rings (SSSR count). The summed E-state index contributed by atoms with van der Waals surface area (Å²) in [5.74, 6) is 3.85. The number of piperidine rings is 1. The number of furan rings is 1. The van der Waals surface area contributed by atoms with Crippen LogP contribution in [0.1, 0.15) is 36.1 Å². The molecular formula is C20H27N5O2. The third-order valence-electron chi connectivity index (χ3n) is 5.41. The molecule has 7 nitrogen and oxygen atoms in total. The summed E-state index contributed by atoms with van der Waals surface area (Å²) in [6, 6.07) is 5.57. The molecule has 0 saturated carbocycles. The zero-order valence-corrected chi connectivity index (χ0v) is 16.1. The average molecular weight is 369 g/mol. The van der Waals surface area contributed by atoms with Crippen molar-refractivity contribution < 1.29 is 9.21 Å². The molecule has 4 heterocycles. The largest absolute Gasteiger partial charge is 0.459 e. The van der Waals surface area contributed by atoms with Crippen molar-refractivity contribution in [2.45, 2.75) is 26.7 Å². The average Bonchev–Trinajstić information content (AvgIpc) is 3.22. The molecule has 1 amide bonds. The lowest BCUT2D eigenvalue weighted by atomic mass is 10.0. The molecule has 0 radical (unpaired) electrons. The Bertz CT molecular complexity index is 784. The van der Waals surface area contributed by atoms with Gasteiger partial charge in [-0.15, -0.1) is 0 Å². The lowest BCUT2D eigenvalue weighted by molar-refractivity contribution is 0.0714. The quantitative estimate of drug-likeness (QED) is 0.828. The molecule has 1 unspecified atom stereocenters. The van der Waals surface area contributed by atoms with E-state index in [9.17, 15) is 4.79 Å². The van der Waals surface area contributed by atoms with Crippen molar-refractivity contribution in [1.82, 2.24) is 14.9 Å². The number of piperazine rings is 1. The second-order valence-electron chi connectivity index (χ2n) is 7.58. The molecule has 1 atom stereocenters. The first-order chi connectivity index (χ1) is 13.1. The normalized spacial score (nSPS) is 20.8. The Labute approximate surface area is 160 Å². The fourth-order valence-electron chi connectivity index (χ4n) is 3.95. The second kappa shape index (κ2) is 7.58. The molecule has 0 aliphatic carbocycles. The Morgan fingerprint density at radius 2 is 1.85 bits per heavy atom. The van der Waals surface area contributed by atoms with Crippen molar-refractivity contribution in [3.63, 3.8) is 0 Å². The molecule has 2 fully saturated rings. The fourth-order valence-corrected chi connectivity index (χ4v) is 3.95. The summed E-state index contributed by atoms with van der Waals surface area (Å²) in [6.45, 7) is 9.23. The van der Waals surface area contributed by atoms with Gasteiger partial charge in [0.25, 0.3) is 5.91 Å². The first-order valence-corrected chi connectivity index (χ1v) is 9.78. The van der Waals surface area contributed by atoms with Gasteiger partial charge < -0.3 is 19.1 Å². The lowest BCUT2D eigenvalue weighted by Crippen LogP contribution is -2.49. The number of nitrogens with zero attached hydrogens (tertiary/aromatic N) is 5. The first-order valence-electron chi connectivity index (χ1n) is 9.78. The number of aromatic nitrogens is 2. The number of anilines is 2. The van der Waals surface area contributed by atoms with Crippen LogP contribution in [0, 0.1) is 12.8 Å². The van der Waals surface area contributed by atoms with Gasteiger partial charge in [0.05, 0.1) is 6.26 Å². The number of carbonyl (C=O) groups is 1. The third-order valence-corrected chi connectivity index (χ3v) is 5.41. The summed E-state index contributed by atoms with van der Waals surface area (Å²) in [5.41, 5.74) is 0. The van der Waals surface area contributed by atoms with E-state index >= 15 is 0 Å². The van der Waals surface area contributed by atoms with Gasteiger partial charge in [0.2, 0.25) is 0 Å². The molecule has 27 heavy (non-hydrogen) atoms. The van der Waals surface area contributed by atoms with E-state index in [0.717, 1.165) is 43.6 Å². The van der Waals surface area contributed by atoms with Crippen molar-refractivity contribution in [3.05, 3.63) is 36.0 Å². The number of hydrogen-bond acceptors (Lipinski definition) is 6.